The summed E-state index contributed by atoms with van der Waals surface area (Å²) in [5, 5.41) is 0. The molecule has 13 heavy (non-hydrogen) atoms. The van der Waals surface area contributed by atoms with E-state index in [1.807, 2.05) is 0 Å². The average Bonchev–Trinajstić information content (AvgIpc) is 2.21. The fraction of sp³-hybridized carbons (Fsp3) is 1.00. The molecule has 0 rings (SSSR count). The molecule has 0 spiro atoms. The topological polar surface area (TPSA) is 9.23 Å². The molecule has 0 aromatic rings. The van der Waals surface area contributed by atoms with Gasteiger partial charge >= 0.3 is 0 Å². The molecule has 1 unspecified atom stereocenters. The van der Waals surface area contributed by atoms with Crippen LogP contribution in [0.15, 0.2) is 0 Å². The molecule has 80 valence electrons. The molecular weight excluding hydrogens is 291 g/mol. The molecule has 1 nitrogen and oxygen atoms in total. The van der Waals surface area contributed by atoms with Crippen LogP contribution in [-0.2, 0) is 4.43 Å². The summed E-state index contributed by atoms with van der Waals surface area (Å²) in [5.74, 6) is 0. The summed E-state index contributed by atoms with van der Waals surface area (Å²) in [6.07, 6.45) is 1.67. The third-order valence-corrected chi connectivity index (χ3v) is 8.66. The van der Waals surface area contributed by atoms with E-state index in [9.17, 15) is 0 Å². The molecule has 0 fully saturated rings. The van der Waals surface area contributed by atoms with Crippen molar-refractivity contribution >= 4 is 30.9 Å². The molecule has 0 radical (unpaired) electrons. The van der Waals surface area contributed by atoms with Crippen LogP contribution in [0.2, 0.25) is 18.1 Å². The molecule has 0 aromatic carbocycles. The van der Waals surface area contributed by atoms with E-state index in [0.29, 0.717) is 6.10 Å². The summed E-state index contributed by atoms with van der Waals surface area (Å²) in [7, 11) is -1.33. The van der Waals surface area contributed by atoms with E-state index >= 15 is 0 Å². The van der Waals surface area contributed by atoms with Crippen molar-refractivity contribution in [2.24, 2.45) is 0 Å². The zero-order valence-corrected chi connectivity index (χ0v) is 12.6. The first-order valence-electron chi connectivity index (χ1n) is 5.41. The summed E-state index contributed by atoms with van der Waals surface area (Å²) >= 11 is 2.44. The minimum absolute atomic E-state index is 0.507. The summed E-state index contributed by atoms with van der Waals surface area (Å²) in [6.45, 7) is 9.10. The van der Waals surface area contributed by atoms with E-state index in [2.05, 4.69) is 50.3 Å². The van der Waals surface area contributed by atoms with Crippen LogP contribution in [-0.4, -0.2) is 18.8 Å². The first-order chi connectivity index (χ1) is 6.17. The predicted octanol–water partition coefficient (Wildman–Crippen LogP) is 4.22. The van der Waals surface area contributed by atoms with Crippen molar-refractivity contribution in [2.45, 2.75) is 58.4 Å². The molecular formula is C10H23IOSi. The number of halogens is 1. The van der Waals surface area contributed by atoms with Gasteiger partial charge in [-0.2, -0.15) is 0 Å². The third kappa shape index (κ3) is 4.30. The second kappa shape index (κ2) is 7.23. The maximum atomic E-state index is 6.32. The molecule has 0 aliphatic heterocycles. The Morgan fingerprint density at radius 2 is 1.54 bits per heavy atom. The van der Waals surface area contributed by atoms with Crippen molar-refractivity contribution < 1.29 is 4.43 Å². The average molecular weight is 314 g/mol. The Labute approximate surface area is 97.9 Å². The molecule has 0 N–H and O–H groups in total. The number of rotatable bonds is 7. The first kappa shape index (κ1) is 13.9. The summed E-state index contributed by atoms with van der Waals surface area (Å²) in [5.41, 5.74) is 0. The van der Waals surface area contributed by atoms with Crippen LogP contribution >= 0.6 is 22.6 Å². The van der Waals surface area contributed by atoms with E-state index in [1.54, 1.807) is 0 Å². The van der Waals surface area contributed by atoms with E-state index in [1.165, 1.54) is 18.1 Å². The van der Waals surface area contributed by atoms with Crippen LogP contribution in [0.1, 0.15) is 34.1 Å². The SMILES string of the molecule is CCC(CI)O[Si](CC)(CC)CC. The van der Waals surface area contributed by atoms with Gasteiger partial charge in [0.2, 0.25) is 0 Å². The Bertz CT molecular complexity index is 114. The monoisotopic (exact) mass is 314 g/mol. The van der Waals surface area contributed by atoms with Gasteiger partial charge in [0.1, 0.15) is 0 Å². The molecule has 0 amide bonds. The van der Waals surface area contributed by atoms with E-state index in [4.69, 9.17) is 4.43 Å². The molecule has 1 atom stereocenters. The van der Waals surface area contributed by atoms with E-state index in [-0.39, 0.29) is 0 Å². The molecule has 0 aliphatic carbocycles. The van der Waals surface area contributed by atoms with Crippen molar-refractivity contribution in [1.29, 1.82) is 0 Å². The summed E-state index contributed by atoms with van der Waals surface area (Å²) in [6, 6.07) is 3.81. The van der Waals surface area contributed by atoms with Crippen LogP contribution in [0.25, 0.3) is 0 Å². The zero-order chi connectivity index (χ0) is 10.3. The Morgan fingerprint density at radius 1 is 1.08 bits per heavy atom. The highest BCUT2D eigenvalue weighted by molar-refractivity contribution is 14.1. The van der Waals surface area contributed by atoms with Crippen molar-refractivity contribution in [1.82, 2.24) is 0 Å². The van der Waals surface area contributed by atoms with Gasteiger partial charge in [-0.3, -0.25) is 0 Å². The summed E-state index contributed by atoms with van der Waals surface area (Å²) < 4.78 is 7.46. The minimum Gasteiger partial charge on any atom is -0.413 e. The normalized spacial score (nSPS) is 14.5. The third-order valence-electron chi connectivity index (χ3n) is 2.98. The summed E-state index contributed by atoms with van der Waals surface area (Å²) in [4.78, 5) is 0. The van der Waals surface area contributed by atoms with Gasteiger partial charge in [-0.05, 0) is 24.6 Å². The molecule has 0 aliphatic rings. The quantitative estimate of drug-likeness (QED) is 0.388. The highest BCUT2D eigenvalue weighted by Gasteiger charge is 2.30. The molecule has 0 bridgehead atoms. The van der Waals surface area contributed by atoms with Crippen LogP contribution in [0.5, 0.6) is 0 Å². The lowest BCUT2D eigenvalue weighted by molar-refractivity contribution is 0.209. The van der Waals surface area contributed by atoms with Crippen LogP contribution < -0.4 is 0 Å². The molecule has 0 saturated heterocycles. The molecule has 0 aromatic heterocycles. The van der Waals surface area contributed by atoms with Gasteiger partial charge in [0.05, 0.1) is 6.10 Å². The molecule has 0 heterocycles. The second-order valence-corrected chi connectivity index (χ2v) is 9.15. The van der Waals surface area contributed by atoms with Gasteiger partial charge in [0.15, 0.2) is 8.32 Å². The van der Waals surface area contributed by atoms with Crippen molar-refractivity contribution in [3.63, 3.8) is 0 Å². The van der Waals surface area contributed by atoms with Gasteiger partial charge < -0.3 is 4.43 Å². The van der Waals surface area contributed by atoms with Gasteiger partial charge in [-0.25, -0.2) is 0 Å². The Morgan fingerprint density at radius 3 is 1.77 bits per heavy atom. The fourth-order valence-corrected chi connectivity index (χ4v) is 5.68. The smallest absolute Gasteiger partial charge is 0.192 e. The predicted molar refractivity (Wildman–Crippen MR) is 71.2 cm³/mol. The fourth-order valence-electron chi connectivity index (χ4n) is 1.58. The Hall–Kier alpha value is 0.907. The highest BCUT2D eigenvalue weighted by atomic mass is 127. The van der Waals surface area contributed by atoms with Crippen molar-refractivity contribution in [2.75, 3.05) is 4.43 Å². The van der Waals surface area contributed by atoms with Crippen LogP contribution in [0, 0.1) is 0 Å². The highest BCUT2D eigenvalue weighted by Crippen LogP contribution is 2.24. The van der Waals surface area contributed by atoms with Crippen LogP contribution in [0.3, 0.4) is 0 Å². The Kier molecular flexibility index (Phi) is 7.74. The zero-order valence-electron chi connectivity index (χ0n) is 9.40. The van der Waals surface area contributed by atoms with Crippen molar-refractivity contribution in [3.05, 3.63) is 0 Å². The largest absolute Gasteiger partial charge is 0.413 e. The van der Waals surface area contributed by atoms with Gasteiger partial charge in [0.25, 0.3) is 0 Å². The van der Waals surface area contributed by atoms with Gasteiger partial charge in [0, 0.05) is 4.43 Å². The number of hydrogen-bond acceptors (Lipinski definition) is 1. The second-order valence-electron chi connectivity index (χ2n) is 3.55. The number of hydrogen-bond donors (Lipinski definition) is 0. The van der Waals surface area contributed by atoms with Gasteiger partial charge in [-0.15, -0.1) is 0 Å². The maximum Gasteiger partial charge on any atom is 0.192 e. The van der Waals surface area contributed by atoms with Crippen LogP contribution in [0.4, 0.5) is 0 Å². The standard InChI is InChI=1S/C10H23IOSi/c1-5-10(9-11)12-13(6-2,7-3)8-4/h10H,5-9H2,1-4H3. The van der Waals surface area contributed by atoms with E-state index < -0.39 is 8.32 Å². The Balaban J connectivity index is 4.21. The minimum atomic E-state index is -1.33. The molecule has 3 heteroatoms. The maximum absolute atomic E-state index is 6.32. The van der Waals surface area contributed by atoms with E-state index in [0.717, 1.165) is 10.8 Å². The number of alkyl halides is 1. The lowest BCUT2D eigenvalue weighted by Crippen LogP contribution is -2.40. The van der Waals surface area contributed by atoms with Gasteiger partial charge in [-0.1, -0.05) is 50.3 Å². The lowest BCUT2D eigenvalue weighted by Gasteiger charge is -2.32. The first-order valence-corrected chi connectivity index (χ1v) is 9.47. The van der Waals surface area contributed by atoms with Crippen molar-refractivity contribution in [3.8, 4) is 0 Å². The molecule has 0 saturated carbocycles. The lowest BCUT2D eigenvalue weighted by atomic mass is 10.3.